The van der Waals surface area contributed by atoms with E-state index in [0.717, 1.165) is 11.1 Å². The highest BCUT2D eigenvalue weighted by atomic mass is 16.5. The summed E-state index contributed by atoms with van der Waals surface area (Å²) < 4.78 is 15.5. The molecule has 0 saturated carbocycles. The standard InChI is InChI=1S/C24H28N2O7/c1-31-21(23(28)29)14-26-22(27)10-12-32-13-11-25-24(30)33-15-20-18-8-4-2-6-16(18)17-7-3-5-9-19(17)20/h2-9,20-21H,10-15H2,1H3,(H,25,30)(H,26,27)(H,28,29). The first kappa shape index (κ1) is 24.2. The SMILES string of the molecule is COC(CNC(=O)CCOCCNC(=O)OCC1c2ccccc2-c2ccccc21)C(=O)O. The highest BCUT2D eigenvalue weighted by Gasteiger charge is 2.28. The Morgan fingerprint density at radius 2 is 1.61 bits per heavy atom. The Bertz CT molecular complexity index is 933. The molecular weight excluding hydrogens is 428 g/mol. The molecule has 3 N–H and O–H groups in total. The van der Waals surface area contributed by atoms with Crippen molar-refractivity contribution in [1.29, 1.82) is 0 Å². The number of carboxylic acids is 1. The van der Waals surface area contributed by atoms with Crippen molar-refractivity contribution in [1.82, 2.24) is 10.6 Å². The van der Waals surface area contributed by atoms with E-state index in [9.17, 15) is 14.4 Å². The summed E-state index contributed by atoms with van der Waals surface area (Å²) in [6.07, 6.45) is -1.55. The third-order valence-electron chi connectivity index (χ3n) is 5.38. The first-order chi connectivity index (χ1) is 16.0. The Hall–Kier alpha value is -3.43. The van der Waals surface area contributed by atoms with Crippen molar-refractivity contribution in [3.8, 4) is 11.1 Å². The molecule has 0 radical (unpaired) electrons. The Kier molecular flexibility index (Phi) is 8.79. The number of carbonyl (C=O) groups is 3. The number of nitrogens with one attached hydrogen (secondary N) is 2. The zero-order valence-corrected chi connectivity index (χ0v) is 18.4. The van der Waals surface area contributed by atoms with Gasteiger partial charge in [0.25, 0.3) is 0 Å². The number of carboxylic acid groups (broad SMARTS) is 1. The summed E-state index contributed by atoms with van der Waals surface area (Å²) in [5.74, 6) is -1.49. The molecule has 0 heterocycles. The van der Waals surface area contributed by atoms with Gasteiger partial charge in [0.15, 0.2) is 6.10 Å². The number of aliphatic carboxylic acids is 1. The van der Waals surface area contributed by atoms with Crippen molar-refractivity contribution in [2.75, 3.05) is 40.0 Å². The van der Waals surface area contributed by atoms with Crippen LogP contribution in [0.5, 0.6) is 0 Å². The molecule has 1 atom stereocenters. The van der Waals surface area contributed by atoms with Crippen molar-refractivity contribution in [2.45, 2.75) is 18.4 Å². The molecule has 2 aromatic rings. The number of amides is 2. The van der Waals surface area contributed by atoms with E-state index in [4.69, 9.17) is 19.3 Å². The lowest BCUT2D eigenvalue weighted by Gasteiger charge is -2.14. The van der Waals surface area contributed by atoms with E-state index in [1.54, 1.807) is 0 Å². The van der Waals surface area contributed by atoms with Crippen molar-refractivity contribution < 1.29 is 33.7 Å². The van der Waals surface area contributed by atoms with Gasteiger partial charge in [0, 0.05) is 26.0 Å². The van der Waals surface area contributed by atoms with Crippen molar-refractivity contribution in [3.05, 3.63) is 59.7 Å². The second-order valence-corrected chi connectivity index (χ2v) is 7.48. The molecule has 1 unspecified atom stereocenters. The highest BCUT2D eigenvalue weighted by molar-refractivity contribution is 5.79. The van der Waals surface area contributed by atoms with E-state index in [0.29, 0.717) is 0 Å². The van der Waals surface area contributed by atoms with Crippen molar-refractivity contribution in [2.24, 2.45) is 0 Å². The topological polar surface area (TPSA) is 123 Å². The monoisotopic (exact) mass is 456 g/mol. The van der Waals surface area contributed by atoms with Crippen LogP contribution in [0.15, 0.2) is 48.5 Å². The number of ether oxygens (including phenoxy) is 3. The lowest BCUT2D eigenvalue weighted by atomic mass is 9.98. The molecule has 0 aromatic heterocycles. The Morgan fingerprint density at radius 3 is 2.21 bits per heavy atom. The van der Waals surface area contributed by atoms with Crippen LogP contribution in [-0.2, 0) is 23.8 Å². The van der Waals surface area contributed by atoms with Crippen LogP contribution < -0.4 is 10.6 Å². The Morgan fingerprint density at radius 1 is 0.970 bits per heavy atom. The van der Waals surface area contributed by atoms with Crippen LogP contribution in [0.2, 0.25) is 0 Å². The fraction of sp³-hybridized carbons (Fsp3) is 0.375. The molecule has 176 valence electrons. The van der Waals surface area contributed by atoms with Gasteiger partial charge in [0.1, 0.15) is 6.61 Å². The average Bonchev–Trinajstić information content (AvgIpc) is 3.14. The number of methoxy groups -OCH3 is 1. The molecule has 0 spiro atoms. The van der Waals surface area contributed by atoms with Crippen LogP contribution in [0, 0.1) is 0 Å². The van der Waals surface area contributed by atoms with Gasteiger partial charge in [0.2, 0.25) is 5.91 Å². The summed E-state index contributed by atoms with van der Waals surface area (Å²) in [6.45, 7) is 0.715. The molecule has 1 aliphatic carbocycles. The van der Waals surface area contributed by atoms with E-state index >= 15 is 0 Å². The summed E-state index contributed by atoms with van der Waals surface area (Å²) >= 11 is 0. The average molecular weight is 456 g/mol. The smallest absolute Gasteiger partial charge is 0.407 e. The van der Waals surface area contributed by atoms with Gasteiger partial charge in [0.05, 0.1) is 19.8 Å². The van der Waals surface area contributed by atoms with Gasteiger partial charge >= 0.3 is 12.1 Å². The van der Waals surface area contributed by atoms with E-state index < -0.39 is 18.2 Å². The third-order valence-corrected chi connectivity index (χ3v) is 5.38. The fourth-order valence-corrected chi connectivity index (χ4v) is 3.71. The molecule has 0 aliphatic heterocycles. The summed E-state index contributed by atoms with van der Waals surface area (Å²) in [7, 11) is 1.26. The Balaban J connectivity index is 1.31. The number of hydrogen-bond donors (Lipinski definition) is 3. The zero-order valence-electron chi connectivity index (χ0n) is 18.4. The maximum atomic E-state index is 12.1. The molecule has 9 heteroatoms. The minimum absolute atomic E-state index is 0.00301. The predicted octanol–water partition coefficient (Wildman–Crippen LogP) is 2.15. The van der Waals surface area contributed by atoms with Gasteiger partial charge in [-0.15, -0.1) is 0 Å². The summed E-state index contributed by atoms with van der Waals surface area (Å²) in [5.41, 5.74) is 4.63. The summed E-state index contributed by atoms with van der Waals surface area (Å²) in [4.78, 5) is 34.6. The molecule has 2 amide bonds. The van der Waals surface area contributed by atoms with Gasteiger partial charge in [-0.1, -0.05) is 48.5 Å². The predicted molar refractivity (Wildman–Crippen MR) is 120 cm³/mol. The minimum atomic E-state index is -1.15. The first-order valence-corrected chi connectivity index (χ1v) is 10.7. The number of fused-ring (bicyclic) bond motifs is 3. The molecule has 0 bridgehead atoms. The molecule has 9 nitrogen and oxygen atoms in total. The molecule has 2 aromatic carbocycles. The van der Waals surface area contributed by atoms with E-state index in [1.807, 2.05) is 24.3 Å². The number of alkyl carbamates (subject to hydrolysis) is 1. The molecular formula is C24H28N2O7. The largest absolute Gasteiger partial charge is 0.479 e. The lowest BCUT2D eigenvalue weighted by Crippen LogP contribution is -2.38. The molecule has 33 heavy (non-hydrogen) atoms. The number of hydrogen-bond acceptors (Lipinski definition) is 6. The van der Waals surface area contributed by atoms with Crippen LogP contribution in [0.4, 0.5) is 4.79 Å². The Labute approximate surface area is 192 Å². The maximum Gasteiger partial charge on any atom is 0.407 e. The van der Waals surface area contributed by atoms with E-state index in [1.165, 1.54) is 18.2 Å². The van der Waals surface area contributed by atoms with E-state index in [2.05, 4.69) is 34.9 Å². The third kappa shape index (κ3) is 6.53. The van der Waals surface area contributed by atoms with Gasteiger partial charge in [-0.25, -0.2) is 9.59 Å². The zero-order chi connectivity index (χ0) is 23.6. The number of rotatable bonds is 12. The normalized spacial score (nSPS) is 13.0. The van der Waals surface area contributed by atoms with Crippen molar-refractivity contribution in [3.63, 3.8) is 0 Å². The highest BCUT2D eigenvalue weighted by Crippen LogP contribution is 2.44. The first-order valence-electron chi connectivity index (χ1n) is 10.7. The van der Waals surface area contributed by atoms with Crippen LogP contribution in [0.25, 0.3) is 11.1 Å². The molecule has 0 fully saturated rings. The molecule has 0 saturated heterocycles. The summed E-state index contributed by atoms with van der Waals surface area (Å²) in [5, 5.41) is 13.9. The second-order valence-electron chi connectivity index (χ2n) is 7.48. The molecule has 1 aliphatic rings. The molecule has 3 rings (SSSR count). The van der Waals surface area contributed by atoms with Crippen LogP contribution >= 0.6 is 0 Å². The summed E-state index contributed by atoms with van der Waals surface area (Å²) in [6, 6.07) is 16.2. The van der Waals surface area contributed by atoms with Crippen LogP contribution in [0.3, 0.4) is 0 Å². The van der Waals surface area contributed by atoms with Crippen LogP contribution in [0.1, 0.15) is 23.5 Å². The lowest BCUT2D eigenvalue weighted by molar-refractivity contribution is -0.148. The van der Waals surface area contributed by atoms with Gasteiger partial charge < -0.3 is 30.0 Å². The van der Waals surface area contributed by atoms with Gasteiger partial charge in [-0.2, -0.15) is 0 Å². The fourth-order valence-electron chi connectivity index (χ4n) is 3.71. The quantitative estimate of drug-likeness (QED) is 0.418. The minimum Gasteiger partial charge on any atom is -0.479 e. The van der Waals surface area contributed by atoms with E-state index in [-0.39, 0.29) is 51.2 Å². The van der Waals surface area contributed by atoms with Gasteiger partial charge in [-0.05, 0) is 22.3 Å². The van der Waals surface area contributed by atoms with Crippen molar-refractivity contribution >= 4 is 18.0 Å². The second kappa shape index (κ2) is 12.0. The van der Waals surface area contributed by atoms with Gasteiger partial charge in [-0.3, -0.25) is 4.79 Å². The van der Waals surface area contributed by atoms with Crippen LogP contribution in [-0.4, -0.2) is 69.2 Å². The maximum absolute atomic E-state index is 12.1. The number of carbonyl (C=O) groups excluding carboxylic acids is 2. The number of benzene rings is 2.